The van der Waals surface area contributed by atoms with Crippen molar-refractivity contribution < 1.29 is 13.2 Å². The standard InChI is InChI=1S/C20H24N4O3S2/c25-19(22-23-20(28)21-15-16-8-3-1-4-9-16)17-10-7-11-18(14-17)29(26,27)24-12-5-2-6-13-24/h1,3-4,7-11,14H,2,5-6,12-13,15H2,(H,22,25)(H2,21,23,28). The first-order chi connectivity index (χ1) is 14.0. The Kier molecular flexibility index (Phi) is 7.18. The molecule has 2 aromatic carbocycles. The predicted octanol–water partition coefficient (Wildman–Crippen LogP) is 2.17. The molecule has 2 aromatic rings. The van der Waals surface area contributed by atoms with Crippen LogP contribution in [-0.4, -0.2) is 36.8 Å². The van der Waals surface area contributed by atoms with Crippen LogP contribution in [0.25, 0.3) is 0 Å². The van der Waals surface area contributed by atoms with E-state index < -0.39 is 15.9 Å². The van der Waals surface area contributed by atoms with Gasteiger partial charge in [-0.3, -0.25) is 15.6 Å². The molecule has 154 valence electrons. The summed E-state index contributed by atoms with van der Waals surface area (Å²) in [6, 6.07) is 15.7. The Labute approximate surface area is 176 Å². The highest BCUT2D eigenvalue weighted by atomic mass is 32.2. The van der Waals surface area contributed by atoms with Gasteiger partial charge in [-0.1, -0.05) is 42.8 Å². The molecule has 7 nitrogen and oxygen atoms in total. The summed E-state index contributed by atoms with van der Waals surface area (Å²) in [6.07, 6.45) is 2.76. The fourth-order valence-corrected chi connectivity index (χ4v) is 4.75. The summed E-state index contributed by atoms with van der Waals surface area (Å²) in [5.74, 6) is -0.468. The van der Waals surface area contributed by atoms with Crippen molar-refractivity contribution in [1.29, 1.82) is 0 Å². The Morgan fingerprint density at radius 1 is 0.966 bits per heavy atom. The number of carbonyl (C=O) groups excluding carboxylic acids is 1. The Morgan fingerprint density at radius 2 is 1.69 bits per heavy atom. The van der Waals surface area contributed by atoms with Crippen molar-refractivity contribution in [3.05, 3.63) is 65.7 Å². The van der Waals surface area contributed by atoms with E-state index in [1.54, 1.807) is 12.1 Å². The number of nitrogens with one attached hydrogen (secondary N) is 3. The first-order valence-corrected chi connectivity index (χ1v) is 11.3. The van der Waals surface area contributed by atoms with Crippen molar-refractivity contribution in [2.45, 2.75) is 30.7 Å². The molecule has 1 aliphatic heterocycles. The quantitative estimate of drug-likeness (QED) is 0.496. The molecule has 0 radical (unpaired) electrons. The monoisotopic (exact) mass is 432 g/mol. The molecule has 9 heteroatoms. The van der Waals surface area contributed by atoms with Gasteiger partial charge >= 0.3 is 0 Å². The molecule has 0 unspecified atom stereocenters. The summed E-state index contributed by atoms with van der Waals surface area (Å²) in [5, 5.41) is 3.25. The average molecular weight is 433 g/mol. The highest BCUT2D eigenvalue weighted by Crippen LogP contribution is 2.21. The second kappa shape index (κ2) is 9.82. The number of rotatable bonds is 5. The fraction of sp³-hybridized carbons (Fsp3) is 0.300. The van der Waals surface area contributed by atoms with E-state index in [1.807, 2.05) is 30.3 Å². The van der Waals surface area contributed by atoms with Crippen LogP contribution in [0.4, 0.5) is 0 Å². The number of amides is 1. The van der Waals surface area contributed by atoms with E-state index in [9.17, 15) is 13.2 Å². The third kappa shape index (κ3) is 5.75. The van der Waals surface area contributed by atoms with E-state index in [0.29, 0.717) is 19.6 Å². The Bertz CT molecular complexity index is 959. The third-order valence-electron chi connectivity index (χ3n) is 4.63. The second-order valence-corrected chi connectivity index (χ2v) is 9.09. The molecule has 0 aliphatic carbocycles. The largest absolute Gasteiger partial charge is 0.357 e. The number of hydrazine groups is 1. The van der Waals surface area contributed by atoms with Crippen molar-refractivity contribution in [3.63, 3.8) is 0 Å². The minimum atomic E-state index is -3.59. The number of thiocarbonyl (C=S) groups is 1. The lowest BCUT2D eigenvalue weighted by atomic mass is 10.2. The maximum atomic E-state index is 12.8. The van der Waals surface area contributed by atoms with Gasteiger partial charge in [-0.15, -0.1) is 0 Å². The van der Waals surface area contributed by atoms with Crippen molar-refractivity contribution in [1.82, 2.24) is 20.5 Å². The van der Waals surface area contributed by atoms with Gasteiger partial charge in [-0.25, -0.2) is 8.42 Å². The van der Waals surface area contributed by atoms with Gasteiger partial charge in [-0.2, -0.15) is 4.31 Å². The molecule has 1 fully saturated rings. The number of piperidine rings is 1. The summed E-state index contributed by atoms with van der Waals surface area (Å²) in [5.41, 5.74) is 6.42. The lowest BCUT2D eigenvalue weighted by Gasteiger charge is -2.26. The molecule has 1 saturated heterocycles. The van der Waals surface area contributed by atoms with E-state index in [0.717, 1.165) is 24.8 Å². The van der Waals surface area contributed by atoms with Gasteiger partial charge in [0.25, 0.3) is 5.91 Å². The lowest BCUT2D eigenvalue weighted by Crippen LogP contribution is -2.46. The Morgan fingerprint density at radius 3 is 2.41 bits per heavy atom. The van der Waals surface area contributed by atoms with Crippen LogP contribution < -0.4 is 16.2 Å². The third-order valence-corrected chi connectivity index (χ3v) is 6.78. The SMILES string of the molecule is O=C(NNC(=S)NCc1ccccc1)c1cccc(S(=O)(=O)N2CCCCC2)c1. The van der Waals surface area contributed by atoms with Crippen LogP contribution in [-0.2, 0) is 16.6 Å². The van der Waals surface area contributed by atoms with Crippen LogP contribution in [0.5, 0.6) is 0 Å². The van der Waals surface area contributed by atoms with E-state index in [1.165, 1.54) is 16.4 Å². The van der Waals surface area contributed by atoms with Crippen LogP contribution in [0, 0.1) is 0 Å². The van der Waals surface area contributed by atoms with Gasteiger partial charge in [0, 0.05) is 25.2 Å². The molecular formula is C20H24N4O3S2. The molecule has 3 N–H and O–H groups in total. The van der Waals surface area contributed by atoms with Crippen molar-refractivity contribution in [2.75, 3.05) is 13.1 Å². The highest BCUT2D eigenvalue weighted by molar-refractivity contribution is 7.89. The number of hydrogen-bond donors (Lipinski definition) is 3. The van der Waals surface area contributed by atoms with Crippen LogP contribution in [0.2, 0.25) is 0 Å². The molecule has 0 atom stereocenters. The zero-order valence-electron chi connectivity index (χ0n) is 15.9. The smallest absolute Gasteiger partial charge is 0.269 e. The summed E-state index contributed by atoms with van der Waals surface area (Å²) >= 11 is 5.15. The molecule has 0 bridgehead atoms. The summed E-state index contributed by atoms with van der Waals surface area (Å²) < 4.78 is 27.1. The fourth-order valence-electron chi connectivity index (χ4n) is 3.06. The average Bonchev–Trinajstić information content (AvgIpc) is 2.77. The van der Waals surface area contributed by atoms with Crippen LogP contribution in [0.15, 0.2) is 59.5 Å². The van der Waals surface area contributed by atoms with Crippen LogP contribution in [0.3, 0.4) is 0 Å². The topological polar surface area (TPSA) is 90.5 Å². The molecule has 0 saturated carbocycles. The number of nitrogens with zero attached hydrogens (tertiary/aromatic N) is 1. The molecule has 1 amide bonds. The molecule has 3 rings (SSSR count). The van der Waals surface area contributed by atoms with Gasteiger partial charge in [0.1, 0.15) is 0 Å². The van der Waals surface area contributed by atoms with E-state index in [2.05, 4.69) is 16.2 Å². The first-order valence-electron chi connectivity index (χ1n) is 9.45. The molecule has 29 heavy (non-hydrogen) atoms. The zero-order chi connectivity index (χ0) is 20.7. The predicted molar refractivity (Wildman–Crippen MR) is 116 cm³/mol. The molecule has 0 aromatic heterocycles. The normalized spacial score (nSPS) is 14.8. The minimum Gasteiger partial charge on any atom is -0.357 e. The van der Waals surface area contributed by atoms with Gasteiger partial charge in [0.2, 0.25) is 10.0 Å². The maximum absolute atomic E-state index is 12.8. The number of benzene rings is 2. The van der Waals surface area contributed by atoms with Gasteiger partial charge in [0.05, 0.1) is 4.90 Å². The molecule has 1 aliphatic rings. The van der Waals surface area contributed by atoms with E-state index in [4.69, 9.17) is 12.2 Å². The van der Waals surface area contributed by atoms with Gasteiger partial charge < -0.3 is 5.32 Å². The Balaban J connectivity index is 1.57. The zero-order valence-corrected chi connectivity index (χ0v) is 17.6. The minimum absolute atomic E-state index is 0.122. The number of sulfonamides is 1. The maximum Gasteiger partial charge on any atom is 0.269 e. The summed E-state index contributed by atoms with van der Waals surface area (Å²) in [7, 11) is -3.59. The molecular weight excluding hydrogens is 408 g/mol. The summed E-state index contributed by atoms with van der Waals surface area (Å²) in [4.78, 5) is 12.5. The Hall–Kier alpha value is -2.49. The summed E-state index contributed by atoms with van der Waals surface area (Å²) in [6.45, 7) is 1.55. The van der Waals surface area contributed by atoms with Gasteiger partial charge in [-0.05, 0) is 48.8 Å². The van der Waals surface area contributed by atoms with Gasteiger partial charge in [0.15, 0.2) is 5.11 Å². The highest BCUT2D eigenvalue weighted by Gasteiger charge is 2.26. The van der Waals surface area contributed by atoms with E-state index >= 15 is 0 Å². The number of hydrogen-bond acceptors (Lipinski definition) is 4. The molecule has 0 spiro atoms. The van der Waals surface area contributed by atoms with E-state index in [-0.39, 0.29) is 15.6 Å². The first kappa shape index (κ1) is 21.2. The van der Waals surface area contributed by atoms with Crippen molar-refractivity contribution >= 4 is 33.3 Å². The number of carbonyl (C=O) groups is 1. The van der Waals surface area contributed by atoms with Crippen molar-refractivity contribution in [2.24, 2.45) is 0 Å². The second-order valence-electron chi connectivity index (χ2n) is 6.74. The van der Waals surface area contributed by atoms with Crippen molar-refractivity contribution in [3.8, 4) is 0 Å². The molecule has 1 heterocycles. The van der Waals surface area contributed by atoms with Crippen LogP contribution >= 0.6 is 12.2 Å². The van der Waals surface area contributed by atoms with Crippen LogP contribution in [0.1, 0.15) is 35.2 Å². The lowest BCUT2D eigenvalue weighted by molar-refractivity contribution is 0.0943.